The predicted molar refractivity (Wildman–Crippen MR) is 83.5 cm³/mol. The van der Waals surface area contributed by atoms with Gasteiger partial charge in [0.1, 0.15) is 5.57 Å². The fourth-order valence-electron chi connectivity index (χ4n) is 1.51. The summed E-state index contributed by atoms with van der Waals surface area (Å²) in [6.45, 7) is 0. The van der Waals surface area contributed by atoms with E-state index in [0.717, 1.165) is 0 Å². The number of thiocarbonyl (C=S) groups is 1. The number of H-pyrrole nitrogens is 2. The molecular weight excluding hydrogens is 332 g/mol. The van der Waals surface area contributed by atoms with E-state index in [1.165, 1.54) is 18.2 Å². The van der Waals surface area contributed by atoms with Crippen molar-refractivity contribution in [2.24, 2.45) is 0 Å². The summed E-state index contributed by atoms with van der Waals surface area (Å²) >= 11 is 9.33. The maximum absolute atomic E-state index is 11.6. The first kappa shape index (κ1) is 17.4. The molecule has 0 saturated carbocycles. The van der Waals surface area contributed by atoms with Gasteiger partial charge in [0, 0.05) is 0 Å². The van der Waals surface area contributed by atoms with Gasteiger partial charge < -0.3 is 15.6 Å². The first-order valence-corrected chi connectivity index (χ1v) is 6.30. The first-order chi connectivity index (χ1) is 9.88. The van der Waals surface area contributed by atoms with Gasteiger partial charge in [-0.2, -0.15) is 0 Å². The highest BCUT2D eigenvalue weighted by Crippen LogP contribution is 2.09. The van der Waals surface area contributed by atoms with Crippen LogP contribution in [0.1, 0.15) is 5.56 Å². The molecule has 1 fully saturated rings. The lowest BCUT2D eigenvalue weighted by atomic mass is 10.1. The Morgan fingerprint density at radius 1 is 1.00 bits per heavy atom. The highest BCUT2D eigenvalue weighted by atomic mass is 32.1. The quantitative estimate of drug-likeness (QED) is 0.257. The zero-order valence-corrected chi connectivity index (χ0v) is 12.4. The molecule has 0 aliphatic carbocycles. The molecule has 0 bridgehead atoms. The van der Waals surface area contributed by atoms with Crippen LogP contribution >= 0.6 is 24.4 Å². The summed E-state index contributed by atoms with van der Waals surface area (Å²) in [5.74, 6) is -1.73. The van der Waals surface area contributed by atoms with Gasteiger partial charge in [-0.15, -0.1) is 0 Å². The Hall–Kier alpha value is -2.63. The molecule has 9 nitrogen and oxygen atoms in total. The van der Waals surface area contributed by atoms with Gasteiger partial charge in [0.15, 0.2) is 9.88 Å². The van der Waals surface area contributed by atoms with Gasteiger partial charge in [-0.05, 0) is 36.6 Å². The third-order valence-electron chi connectivity index (χ3n) is 2.43. The Morgan fingerprint density at radius 3 is 2.14 bits per heavy atom. The third kappa shape index (κ3) is 3.72. The highest BCUT2D eigenvalue weighted by Gasteiger charge is 2.24. The summed E-state index contributed by atoms with van der Waals surface area (Å²) in [5.41, 5.74) is -0.878. The van der Waals surface area contributed by atoms with Crippen molar-refractivity contribution in [3.63, 3.8) is 0 Å². The van der Waals surface area contributed by atoms with Gasteiger partial charge >= 0.3 is 0 Å². The molecule has 116 valence electrons. The second kappa shape index (κ2) is 6.89. The molecule has 1 aliphatic heterocycles. The van der Waals surface area contributed by atoms with Crippen molar-refractivity contribution in [3.8, 4) is 5.88 Å². The van der Waals surface area contributed by atoms with Crippen LogP contribution in [0.25, 0.3) is 6.08 Å². The normalized spacial score (nSPS) is 14.4. The molecule has 1 aromatic rings. The number of rotatable bonds is 2. The minimum absolute atomic E-state index is 0. The van der Waals surface area contributed by atoms with Crippen LogP contribution in [0.2, 0.25) is 0 Å². The van der Waals surface area contributed by atoms with E-state index in [-0.39, 0.29) is 26.5 Å². The minimum atomic E-state index is -0.654. The average Bonchev–Trinajstić information content (AvgIpc) is 2.34. The van der Waals surface area contributed by atoms with Crippen molar-refractivity contribution >= 4 is 47.4 Å². The third-order valence-corrected chi connectivity index (χ3v) is 2.84. The lowest BCUT2D eigenvalue weighted by molar-refractivity contribution is -0.123. The highest BCUT2D eigenvalue weighted by molar-refractivity contribution is 7.80. The Morgan fingerprint density at radius 2 is 1.59 bits per heavy atom. The van der Waals surface area contributed by atoms with E-state index in [2.05, 4.69) is 45.0 Å². The minimum Gasteiger partial charge on any atom is -0.494 e. The molecule has 1 saturated heterocycles. The maximum Gasteiger partial charge on any atom is 0.263 e. The number of nitrogens with one attached hydrogen (secondary N) is 4. The lowest BCUT2D eigenvalue weighted by Gasteiger charge is -2.15. The number of hydrogen-bond acceptors (Lipinski definition) is 6. The van der Waals surface area contributed by atoms with E-state index in [1.54, 1.807) is 0 Å². The van der Waals surface area contributed by atoms with Crippen LogP contribution in [0, 0.1) is 4.77 Å². The van der Waals surface area contributed by atoms with Crippen molar-refractivity contribution in [1.29, 1.82) is 0 Å². The van der Waals surface area contributed by atoms with E-state index in [1.807, 2.05) is 0 Å². The van der Waals surface area contributed by atoms with Crippen molar-refractivity contribution in [1.82, 2.24) is 20.6 Å². The van der Waals surface area contributed by atoms with Crippen LogP contribution in [0.3, 0.4) is 0 Å². The van der Waals surface area contributed by atoms with Crippen LogP contribution in [-0.2, 0) is 9.59 Å². The molecule has 0 spiro atoms. The summed E-state index contributed by atoms with van der Waals surface area (Å²) in [5, 5.41) is 14.0. The van der Waals surface area contributed by atoms with Crippen LogP contribution in [0.5, 0.6) is 5.88 Å². The Balaban J connectivity index is 0.00000242. The summed E-state index contributed by atoms with van der Waals surface area (Å²) in [7, 11) is 0. The number of carbonyl (C=O) groups is 2. The van der Waals surface area contributed by atoms with Crippen LogP contribution < -0.4 is 16.2 Å². The zero-order chi connectivity index (χ0) is 15.6. The molecule has 7 N–H and O–H groups in total. The monoisotopic (exact) mass is 342 g/mol. The molecule has 1 aromatic heterocycles. The number of aromatic nitrogens is 2. The van der Waals surface area contributed by atoms with E-state index >= 15 is 0 Å². The summed E-state index contributed by atoms with van der Waals surface area (Å²) in [6, 6.07) is 0. The molecule has 22 heavy (non-hydrogen) atoms. The Labute approximate surface area is 133 Å². The number of hydrogen-bond donors (Lipinski definition) is 5. The second-order valence-electron chi connectivity index (χ2n) is 3.85. The maximum atomic E-state index is 11.6. The van der Waals surface area contributed by atoms with E-state index < -0.39 is 23.3 Å². The predicted octanol–water partition coefficient (Wildman–Crippen LogP) is -1.22. The molecule has 2 rings (SSSR count). The number of aromatic amines is 2. The van der Waals surface area contributed by atoms with Gasteiger partial charge in [0.25, 0.3) is 17.4 Å². The van der Waals surface area contributed by atoms with Crippen molar-refractivity contribution in [3.05, 3.63) is 38.4 Å². The van der Waals surface area contributed by atoms with Crippen LogP contribution in [-0.4, -0.2) is 37.5 Å². The van der Waals surface area contributed by atoms with Gasteiger partial charge in [-0.3, -0.25) is 30.0 Å². The van der Waals surface area contributed by atoms with Gasteiger partial charge in [-0.25, -0.2) is 0 Å². The number of aromatic hydroxyl groups is 1. The molecule has 0 radical (unpaired) electrons. The van der Waals surface area contributed by atoms with Crippen LogP contribution in [0.4, 0.5) is 0 Å². The molecule has 2 heterocycles. The largest absolute Gasteiger partial charge is 0.494 e. The van der Waals surface area contributed by atoms with Crippen LogP contribution in [0.15, 0.2) is 22.5 Å². The Bertz CT molecular complexity index is 799. The number of allylic oxidation sites excluding steroid dienone is 2. The molecule has 0 unspecified atom stereocenters. The fraction of sp³-hybridized carbons (Fsp3) is 0. The molecule has 0 atom stereocenters. The van der Waals surface area contributed by atoms with Gasteiger partial charge in [0.2, 0.25) is 5.88 Å². The average molecular weight is 342 g/mol. The zero-order valence-electron chi connectivity index (χ0n) is 10.7. The molecule has 11 heteroatoms. The second-order valence-corrected chi connectivity index (χ2v) is 4.66. The van der Waals surface area contributed by atoms with Crippen molar-refractivity contribution < 1.29 is 20.2 Å². The van der Waals surface area contributed by atoms with Gasteiger partial charge in [0.05, 0.1) is 5.56 Å². The molecule has 0 aromatic carbocycles. The standard InChI is InChI=1S/C11H8N4O4S2.H2O/c16-6-4(7(17)13-10(20)12-6)2-1-3-5-8(18)14-11(21)15-9(5)19;/h1-3H,(H2,12,13,16,17,20)(H3,14,15,18,19,21);1H2/b3-1+;. The summed E-state index contributed by atoms with van der Waals surface area (Å²) in [6.07, 6.45) is 3.68. The van der Waals surface area contributed by atoms with Crippen molar-refractivity contribution in [2.75, 3.05) is 0 Å². The number of carbonyl (C=O) groups excluding carboxylic acids is 2. The van der Waals surface area contributed by atoms with E-state index in [4.69, 9.17) is 0 Å². The molecule has 1 aliphatic rings. The SMILES string of the molecule is O.O=C1NC(=S)NC(=O)C1=C/C=C/c1c(O)[nH]c(=S)[nH]c1=O. The van der Waals surface area contributed by atoms with E-state index in [0.29, 0.717) is 0 Å². The van der Waals surface area contributed by atoms with E-state index in [9.17, 15) is 19.5 Å². The number of amides is 2. The molecule has 2 amide bonds. The summed E-state index contributed by atoms with van der Waals surface area (Å²) in [4.78, 5) is 39.3. The van der Waals surface area contributed by atoms with Crippen molar-refractivity contribution in [2.45, 2.75) is 0 Å². The topological polar surface area (TPSA) is 159 Å². The van der Waals surface area contributed by atoms with Gasteiger partial charge in [-0.1, -0.05) is 6.08 Å². The molecular formula is C11H10N4O5S2. The lowest BCUT2D eigenvalue weighted by Crippen LogP contribution is -2.51. The first-order valence-electron chi connectivity index (χ1n) is 5.49. The summed E-state index contributed by atoms with van der Waals surface area (Å²) < 4.78 is -0.0208. The Kier molecular flexibility index (Phi) is 5.45. The fourth-order valence-corrected chi connectivity index (χ4v) is 1.88. The smallest absolute Gasteiger partial charge is 0.263 e.